The molecule has 0 radical (unpaired) electrons. The Labute approximate surface area is 111 Å². The standard InChI is InChI=1S/C12H16FN3O2S/c1-8-4-5-9(13)7-11(8)19(17,18)16-6-2-3-10(16)12(14)15/h4-5,7,10H,2-3,6H2,1H3,(H3,14,15). The van der Waals surface area contributed by atoms with Gasteiger partial charge in [-0.05, 0) is 37.5 Å². The Morgan fingerprint density at radius 2 is 2.21 bits per heavy atom. The number of nitrogens with one attached hydrogen (secondary N) is 1. The molecule has 5 nitrogen and oxygen atoms in total. The molecule has 1 aliphatic heterocycles. The summed E-state index contributed by atoms with van der Waals surface area (Å²) in [5.41, 5.74) is 5.92. The van der Waals surface area contributed by atoms with Crippen molar-refractivity contribution in [3.8, 4) is 0 Å². The highest BCUT2D eigenvalue weighted by molar-refractivity contribution is 7.89. The minimum atomic E-state index is -3.81. The molecule has 1 heterocycles. The number of nitrogens with zero attached hydrogens (tertiary/aromatic N) is 1. The smallest absolute Gasteiger partial charge is 0.244 e. The maximum absolute atomic E-state index is 13.3. The van der Waals surface area contributed by atoms with Gasteiger partial charge in [0.05, 0.1) is 10.9 Å². The number of hydrogen-bond acceptors (Lipinski definition) is 3. The third kappa shape index (κ3) is 2.48. The van der Waals surface area contributed by atoms with E-state index in [9.17, 15) is 12.8 Å². The van der Waals surface area contributed by atoms with Crippen LogP contribution in [0.3, 0.4) is 0 Å². The van der Waals surface area contributed by atoms with Gasteiger partial charge in [0.15, 0.2) is 0 Å². The molecule has 2 rings (SSSR count). The first-order chi connectivity index (χ1) is 8.84. The second-order valence-corrected chi connectivity index (χ2v) is 6.50. The van der Waals surface area contributed by atoms with Crippen LogP contribution in [0.4, 0.5) is 4.39 Å². The van der Waals surface area contributed by atoms with E-state index in [1.807, 2.05) is 0 Å². The normalized spacial score (nSPS) is 20.6. The summed E-state index contributed by atoms with van der Waals surface area (Å²) in [5, 5.41) is 7.46. The molecule has 1 aromatic carbocycles. The number of benzene rings is 1. The first kappa shape index (κ1) is 14.0. The fraction of sp³-hybridized carbons (Fsp3) is 0.417. The second-order valence-electron chi connectivity index (χ2n) is 4.64. The molecular formula is C12H16FN3O2S. The van der Waals surface area contributed by atoms with E-state index in [-0.39, 0.29) is 10.7 Å². The number of hydrogen-bond donors (Lipinski definition) is 2. The van der Waals surface area contributed by atoms with Crippen molar-refractivity contribution in [2.75, 3.05) is 6.54 Å². The van der Waals surface area contributed by atoms with Crippen LogP contribution in [0.15, 0.2) is 23.1 Å². The number of nitrogens with two attached hydrogens (primary N) is 1. The molecule has 0 aliphatic carbocycles. The van der Waals surface area contributed by atoms with Crippen LogP contribution in [0.2, 0.25) is 0 Å². The lowest BCUT2D eigenvalue weighted by Crippen LogP contribution is -2.43. The van der Waals surface area contributed by atoms with Gasteiger partial charge >= 0.3 is 0 Å². The molecule has 104 valence electrons. The summed E-state index contributed by atoms with van der Waals surface area (Å²) in [6.45, 7) is 1.92. The average molecular weight is 285 g/mol. The van der Waals surface area contributed by atoms with Crippen molar-refractivity contribution in [2.45, 2.75) is 30.7 Å². The van der Waals surface area contributed by atoms with Crippen LogP contribution >= 0.6 is 0 Å². The van der Waals surface area contributed by atoms with Gasteiger partial charge < -0.3 is 5.73 Å². The van der Waals surface area contributed by atoms with E-state index in [1.54, 1.807) is 6.92 Å². The first-order valence-electron chi connectivity index (χ1n) is 5.96. The topological polar surface area (TPSA) is 87.2 Å². The Balaban J connectivity index is 2.48. The Kier molecular flexibility index (Phi) is 3.60. The summed E-state index contributed by atoms with van der Waals surface area (Å²) >= 11 is 0. The Morgan fingerprint density at radius 1 is 1.53 bits per heavy atom. The molecule has 0 bridgehead atoms. The largest absolute Gasteiger partial charge is 0.386 e. The predicted molar refractivity (Wildman–Crippen MR) is 70.0 cm³/mol. The van der Waals surface area contributed by atoms with Crippen LogP contribution in [-0.4, -0.2) is 31.1 Å². The van der Waals surface area contributed by atoms with E-state index in [1.165, 1.54) is 16.4 Å². The monoisotopic (exact) mass is 285 g/mol. The van der Waals surface area contributed by atoms with Crippen molar-refractivity contribution in [3.63, 3.8) is 0 Å². The third-order valence-corrected chi connectivity index (χ3v) is 5.35. The van der Waals surface area contributed by atoms with Gasteiger partial charge in [-0.2, -0.15) is 4.31 Å². The molecule has 7 heteroatoms. The van der Waals surface area contributed by atoms with Crippen LogP contribution in [0.5, 0.6) is 0 Å². The van der Waals surface area contributed by atoms with Crippen molar-refractivity contribution >= 4 is 15.9 Å². The van der Waals surface area contributed by atoms with Crippen LogP contribution in [0.25, 0.3) is 0 Å². The van der Waals surface area contributed by atoms with Crippen LogP contribution in [-0.2, 0) is 10.0 Å². The molecule has 1 saturated heterocycles. The van der Waals surface area contributed by atoms with E-state index in [0.717, 1.165) is 6.07 Å². The average Bonchev–Trinajstić information content (AvgIpc) is 2.82. The molecule has 1 aliphatic rings. The number of halogens is 1. The maximum atomic E-state index is 13.3. The third-order valence-electron chi connectivity index (χ3n) is 3.30. The van der Waals surface area contributed by atoms with Gasteiger partial charge in [-0.1, -0.05) is 6.07 Å². The van der Waals surface area contributed by atoms with Gasteiger partial charge in [-0.15, -0.1) is 0 Å². The van der Waals surface area contributed by atoms with E-state index >= 15 is 0 Å². The Bertz CT molecular complexity index is 615. The van der Waals surface area contributed by atoms with E-state index in [0.29, 0.717) is 24.9 Å². The number of amidine groups is 1. The summed E-state index contributed by atoms with van der Waals surface area (Å²) in [6, 6.07) is 3.05. The lowest BCUT2D eigenvalue weighted by Gasteiger charge is -2.23. The number of sulfonamides is 1. The summed E-state index contributed by atoms with van der Waals surface area (Å²) in [5.74, 6) is -0.766. The molecule has 1 aromatic rings. The summed E-state index contributed by atoms with van der Waals surface area (Å²) in [7, 11) is -3.81. The highest BCUT2D eigenvalue weighted by Crippen LogP contribution is 2.28. The van der Waals surface area contributed by atoms with Crippen molar-refractivity contribution in [1.82, 2.24) is 4.31 Å². The molecule has 19 heavy (non-hydrogen) atoms. The number of aryl methyl sites for hydroxylation is 1. The highest BCUT2D eigenvalue weighted by atomic mass is 32.2. The molecule has 0 spiro atoms. The van der Waals surface area contributed by atoms with E-state index < -0.39 is 21.9 Å². The van der Waals surface area contributed by atoms with E-state index in [2.05, 4.69) is 0 Å². The molecule has 1 unspecified atom stereocenters. The predicted octanol–water partition coefficient (Wildman–Crippen LogP) is 1.22. The van der Waals surface area contributed by atoms with Gasteiger partial charge in [0.1, 0.15) is 11.7 Å². The second kappa shape index (κ2) is 4.90. The zero-order valence-corrected chi connectivity index (χ0v) is 11.4. The van der Waals surface area contributed by atoms with Gasteiger partial charge in [0, 0.05) is 6.54 Å². The lowest BCUT2D eigenvalue weighted by molar-refractivity contribution is 0.442. The van der Waals surface area contributed by atoms with Crippen LogP contribution < -0.4 is 5.73 Å². The van der Waals surface area contributed by atoms with Gasteiger partial charge in [0.2, 0.25) is 10.0 Å². The zero-order valence-electron chi connectivity index (χ0n) is 10.6. The van der Waals surface area contributed by atoms with Gasteiger partial charge in [-0.25, -0.2) is 12.8 Å². The molecule has 0 saturated carbocycles. The SMILES string of the molecule is Cc1ccc(F)cc1S(=O)(=O)N1CCCC1C(=N)N. The number of rotatable bonds is 3. The quantitative estimate of drug-likeness (QED) is 0.646. The minimum Gasteiger partial charge on any atom is -0.386 e. The Hall–Kier alpha value is -1.47. The van der Waals surface area contributed by atoms with E-state index in [4.69, 9.17) is 11.1 Å². The maximum Gasteiger partial charge on any atom is 0.244 e. The van der Waals surface area contributed by atoms with Crippen LogP contribution in [0.1, 0.15) is 18.4 Å². The fourth-order valence-electron chi connectivity index (χ4n) is 2.32. The Morgan fingerprint density at radius 3 is 2.84 bits per heavy atom. The summed E-state index contributed by atoms with van der Waals surface area (Å²) in [4.78, 5) is -0.0550. The fourth-order valence-corrected chi connectivity index (χ4v) is 4.23. The molecule has 1 atom stereocenters. The van der Waals surface area contributed by atoms with Crippen molar-refractivity contribution < 1.29 is 12.8 Å². The summed E-state index contributed by atoms with van der Waals surface area (Å²) in [6.07, 6.45) is 1.18. The van der Waals surface area contributed by atoms with Gasteiger partial charge in [-0.3, -0.25) is 5.41 Å². The van der Waals surface area contributed by atoms with Crippen molar-refractivity contribution in [1.29, 1.82) is 5.41 Å². The molecule has 1 fully saturated rings. The lowest BCUT2D eigenvalue weighted by atomic mass is 10.2. The summed E-state index contributed by atoms with van der Waals surface area (Å²) < 4.78 is 39.5. The molecular weight excluding hydrogens is 269 g/mol. The first-order valence-corrected chi connectivity index (χ1v) is 7.40. The zero-order chi connectivity index (χ0) is 14.2. The molecule has 0 aromatic heterocycles. The van der Waals surface area contributed by atoms with Gasteiger partial charge in [0.25, 0.3) is 0 Å². The molecule has 3 N–H and O–H groups in total. The van der Waals surface area contributed by atoms with Crippen LogP contribution in [0, 0.1) is 18.2 Å². The van der Waals surface area contributed by atoms with Crippen molar-refractivity contribution in [3.05, 3.63) is 29.6 Å². The minimum absolute atomic E-state index is 0.0550. The molecule has 0 amide bonds. The van der Waals surface area contributed by atoms with Crippen molar-refractivity contribution in [2.24, 2.45) is 5.73 Å². The highest BCUT2D eigenvalue weighted by Gasteiger charge is 2.37.